The lowest BCUT2D eigenvalue weighted by atomic mass is 10.0. The molecule has 0 atom stereocenters. The SMILES string of the molecule is COc1cc(-c2ccc(OS(C)(=O)=O)cc2)c(OC2CC2)c(OS(C)(=O)=O)c1Br. The minimum Gasteiger partial charge on any atom is -0.495 e. The Labute approximate surface area is 178 Å². The summed E-state index contributed by atoms with van der Waals surface area (Å²) in [5, 5.41) is 0. The van der Waals surface area contributed by atoms with Crippen molar-refractivity contribution in [3.05, 3.63) is 34.8 Å². The standard InChI is InChI=1S/C18H19BrO8S2/c1-24-15-10-14(11-4-6-13(7-5-11)26-28(2,20)21)17(25-12-8-9-12)18(16(15)19)27-29(3,22)23/h4-7,10,12H,8-9H2,1-3H3. The van der Waals surface area contributed by atoms with Crippen LogP contribution in [0.25, 0.3) is 11.1 Å². The summed E-state index contributed by atoms with van der Waals surface area (Å²) in [6.07, 6.45) is 3.56. The van der Waals surface area contributed by atoms with Gasteiger partial charge in [-0.3, -0.25) is 0 Å². The van der Waals surface area contributed by atoms with Gasteiger partial charge in [-0.05, 0) is 52.5 Å². The fourth-order valence-electron chi connectivity index (χ4n) is 2.52. The molecule has 3 rings (SSSR count). The molecule has 2 aromatic rings. The van der Waals surface area contributed by atoms with Gasteiger partial charge in [-0.1, -0.05) is 12.1 Å². The molecule has 1 aliphatic rings. The molecule has 158 valence electrons. The quantitative estimate of drug-likeness (QED) is 0.501. The number of rotatable bonds is 8. The normalized spacial score (nSPS) is 14.3. The highest BCUT2D eigenvalue weighted by atomic mass is 79.9. The molecule has 11 heteroatoms. The molecule has 0 saturated heterocycles. The van der Waals surface area contributed by atoms with E-state index in [-0.39, 0.29) is 23.4 Å². The Balaban J connectivity index is 2.14. The third-order valence-electron chi connectivity index (χ3n) is 3.82. The van der Waals surface area contributed by atoms with Gasteiger partial charge in [-0.2, -0.15) is 16.8 Å². The van der Waals surface area contributed by atoms with Gasteiger partial charge in [-0.25, -0.2) is 0 Å². The van der Waals surface area contributed by atoms with Crippen LogP contribution in [0, 0.1) is 0 Å². The zero-order chi connectivity index (χ0) is 21.4. The summed E-state index contributed by atoms with van der Waals surface area (Å²) in [4.78, 5) is 0. The minimum absolute atomic E-state index is 0.00906. The van der Waals surface area contributed by atoms with Gasteiger partial charge in [-0.15, -0.1) is 0 Å². The molecule has 0 bridgehead atoms. The van der Waals surface area contributed by atoms with Crippen molar-refractivity contribution in [2.45, 2.75) is 18.9 Å². The molecule has 1 saturated carbocycles. The smallest absolute Gasteiger partial charge is 0.306 e. The topological polar surface area (TPSA) is 105 Å². The summed E-state index contributed by atoms with van der Waals surface area (Å²) in [7, 11) is -6.05. The molecule has 2 aromatic carbocycles. The van der Waals surface area contributed by atoms with E-state index >= 15 is 0 Å². The molecular formula is C18H19BrO8S2. The highest BCUT2D eigenvalue weighted by molar-refractivity contribution is 9.10. The molecule has 1 aliphatic carbocycles. The van der Waals surface area contributed by atoms with Gasteiger partial charge in [0.1, 0.15) is 16.0 Å². The second-order valence-electron chi connectivity index (χ2n) is 6.52. The molecule has 29 heavy (non-hydrogen) atoms. The fourth-order valence-corrected chi connectivity index (χ4v) is 4.08. The van der Waals surface area contributed by atoms with Crippen LogP contribution < -0.4 is 17.8 Å². The second kappa shape index (κ2) is 8.04. The number of halogens is 1. The van der Waals surface area contributed by atoms with Gasteiger partial charge < -0.3 is 17.8 Å². The molecule has 8 nitrogen and oxygen atoms in total. The van der Waals surface area contributed by atoms with Crippen molar-refractivity contribution in [3.63, 3.8) is 0 Å². The van der Waals surface area contributed by atoms with Crippen molar-refractivity contribution in [2.24, 2.45) is 0 Å². The first-order valence-corrected chi connectivity index (χ1v) is 12.9. The van der Waals surface area contributed by atoms with Crippen LogP contribution in [0.1, 0.15) is 12.8 Å². The van der Waals surface area contributed by atoms with E-state index in [1.54, 1.807) is 18.2 Å². The van der Waals surface area contributed by atoms with Gasteiger partial charge in [0, 0.05) is 5.56 Å². The van der Waals surface area contributed by atoms with E-state index in [1.807, 2.05) is 0 Å². The molecule has 0 aliphatic heterocycles. The Bertz CT molecular complexity index is 1120. The lowest BCUT2D eigenvalue weighted by Gasteiger charge is -2.19. The Morgan fingerprint density at radius 2 is 1.52 bits per heavy atom. The van der Waals surface area contributed by atoms with E-state index in [1.165, 1.54) is 19.2 Å². The van der Waals surface area contributed by atoms with Crippen LogP contribution in [0.2, 0.25) is 0 Å². The molecule has 0 aromatic heterocycles. The first kappa shape index (κ1) is 21.7. The summed E-state index contributed by atoms with van der Waals surface area (Å²) in [5.41, 5.74) is 1.16. The lowest BCUT2D eigenvalue weighted by Crippen LogP contribution is -2.10. The zero-order valence-corrected chi connectivity index (χ0v) is 19.1. The van der Waals surface area contributed by atoms with Gasteiger partial charge in [0.2, 0.25) is 5.75 Å². The van der Waals surface area contributed by atoms with Crippen LogP contribution in [0.4, 0.5) is 0 Å². The van der Waals surface area contributed by atoms with Gasteiger partial charge >= 0.3 is 20.2 Å². The average molecular weight is 507 g/mol. The highest BCUT2D eigenvalue weighted by Gasteiger charge is 2.30. The number of ether oxygens (including phenoxy) is 2. The monoisotopic (exact) mass is 506 g/mol. The number of methoxy groups -OCH3 is 1. The number of benzene rings is 2. The summed E-state index contributed by atoms with van der Waals surface area (Å²) in [6.45, 7) is 0. The molecule has 0 radical (unpaired) electrons. The summed E-state index contributed by atoms with van der Waals surface area (Å²) in [6, 6.07) is 7.93. The van der Waals surface area contributed by atoms with Crippen molar-refractivity contribution in [3.8, 4) is 34.1 Å². The average Bonchev–Trinajstić information content (AvgIpc) is 3.41. The van der Waals surface area contributed by atoms with Crippen LogP contribution in [0.5, 0.6) is 23.0 Å². The zero-order valence-electron chi connectivity index (χ0n) is 15.8. The molecular weight excluding hydrogens is 488 g/mol. The van der Waals surface area contributed by atoms with E-state index in [2.05, 4.69) is 15.9 Å². The predicted molar refractivity (Wildman–Crippen MR) is 111 cm³/mol. The van der Waals surface area contributed by atoms with Gasteiger partial charge in [0.15, 0.2) is 5.75 Å². The van der Waals surface area contributed by atoms with Crippen molar-refractivity contribution < 1.29 is 34.7 Å². The van der Waals surface area contributed by atoms with Crippen molar-refractivity contribution >= 4 is 36.2 Å². The fraction of sp³-hybridized carbons (Fsp3) is 0.333. The van der Waals surface area contributed by atoms with Crippen molar-refractivity contribution in [2.75, 3.05) is 19.6 Å². The third kappa shape index (κ3) is 5.77. The summed E-state index contributed by atoms with van der Waals surface area (Å²) in [5.74, 6) is 0.739. The number of hydrogen-bond acceptors (Lipinski definition) is 8. The van der Waals surface area contributed by atoms with Crippen LogP contribution in [0.15, 0.2) is 34.8 Å². The lowest BCUT2D eigenvalue weighted by molar-refractivity contribution is 0.293. The molecule has 0 heterocycles. The highest BCUT2D eigenvalue weighted by Crippen LogP contribution is 2.50. The summed E-state index contributed by atoms with van der Waals surface area (Å²) >= 11 is 3.33. The predicted octanol–water partition coefficient (Wildman–Crippen LogP) is 3.34. The van der Waals surface area contributed by atoms with Gasteiger partial charge in [0.05, 0.1) is 25.7 Å². The first-order chi connectivity index (χ1) is 13.5. The molecule has 1 fully saturated rings. The minimum atomic E-state index is -3.84. The molecule has 0 N–H and O–H groups in total. The van der Waals surface area contributed by atoms with Gasteiger partial charge in [0.25, 0.3) is 0 Å². The van der Waals surface area contributed by atoms with E-state index in [0.717, 1.165) is 25.4 Å². The largest absolute Gasteiger partial charge is 0.495 e. The van der Waals surface area contributed by atoms with Crippen LogP contribution in [0.3, 0.4) is 0 Å². The van der Waals surface area contributed by atoms with Crippen LogP contribution in [-0.4, -0.2) is 42.6 Å². The molecule has 0 amide bonds. The maximum absolute atomic E-state index is 11.8. The van der Waals surface area contributed by atoms with Crippen molar-refractivity contribution in [1.29, 1.82) is 0 Å². The first-order valence-electron chi connectivity index (χ1n) is 8.43. The Morgan fingerprint density at radius 1 is 0.931 bits per heavy atom. The summed E-state index contributed by atoms with van der Waals surface area (Å²) < 4.78 is 67.9. The van der Waals surface area contributed by atoms with Crippen LogP contribution in [-0.2, 0) is 20.2 Å². The van der Waals surface area contributed by atoms with Crippen molar-refractivity contribution in [1.82, 2.24) is 0 Å². The van der Waals surface area contributed by atoms with E-state index in [4.69, 9.17) is 17.8 Å². The molecule has 0 unspecified atom stereocenters. The van der Waals surface area contributed by atoms with E-state index in [9.17, 15) is 16.8 Å². The Hall–Kier alpha value is -1.98. The molecule has 0 spiro atoms. The Kier molecular flexibility index (Phi) is 6.02. The van der Waals surface area contributed by atoms with Crippen LogP contribution >= 0.6 is 15.9 Å². The van der Waals surface area contributed by atoms with E-state index < -0.39 is 20.2 Å². The third-order valence-corrected chi connectivity index (χ3v) is 5.53. The maximum atomic E-state index is 11.8. The second-order valence-corrected chi connectivity index (χ2v) is 10.5. The maximum Gasteiger partial charge on any atom is 0.306 e. The number of hydrogen-bond donors (Lipinski definition) is 0. The Morgan fingerprint density at radius 3 is 2.00 bits per heavy atom. The van der Waals surface area contributed by atoms with E-state index in [0.29, 0.717) is 21.3 Å².